The lowest BCUT2D eigenvalue weighted by molar-refractivity contribution is -0.137. The highest BCUT2D eigenvalue weighted by Crippen LogP contribution is 2.32. The highest BCUT2D eigenvalue weighted by molar-refractivity contribution is 7.99. The topological polar surface area (TPSA) is 62.2 Å². The van der Waals surface area contributed by atoms with E-state index in [2.05, 4.69) is 15.0 Å². The first-order chi connectivity index (χ1) is 18.3. The highest BCUT2D eigenvalue weighted by atomic mass is 32.2. The molecule has 1 amide bonds. The summed E-state index contributed by atoms with van der Waals surface area (Å²) in [5, 5.41) is 0.654. The number of anilines is 1. The van der Waals surface area contributed by atoms with Crippen molar-refractivity contribution < 1.29 is 18.0 Å². The number of amides is 1. The fourth-order valence-corrected chi connectivity index (χ4v) is 5.02. The number of rotatable bonds is 5. The van der Waals surface area contributed by atoms with Gasteiger partial charge < -0.3 is 9.80 Å². The van der Waals surface area contributed by atoms with Crippen molar-refractivity contribution in [3.8, 4) is 11.3 Å². The maximum absolute atomic E-state index is 13.4. The summed E-state index contributed by atoms with van der Waals surface area (Å²) in [5.74, 6) is 0.329. The number of carbonyl (C=O) groups excluding carboxylic acids is 1. The Balaban J connectivity index is 1.27. The van der Waals surface area contributed by atoms with Crippen LogP contribution in [-0.4, -0.2) is 51.9 Å². The van der Waals surface area contributed by atoms with E-state index in [1.165, 1.54) is 17.8 Å². The molecule has 6 nitrogen and oxygen atoms in total. The lowest BCUT2D eigenvalue weighted by atomic mass is 10.1. The maximum atomic E-state index is 13.4. The lowest BCUT2D eigenvalue weighted by Gasteiger charge is -2.35. The number of nitrogens with zero attached hydrogens (tertiary/aromatic N) is 5. The van der Waals surface area contributed by atoms with Gasteiger partial charge in [0, 0.05) is 49.0 Å². The van der Waals surface area contributed by atoms with Crippen molar-refractivity contribution in [1.82, 2.24) is 19.9 Å². The predicted octanol–water partition coefficient (Wildman–Crippen LogP) is 5.98. The van der Waals surface area contributed by atoms with Gasteiger partial charge in [0.15, 0.2) is 0 Å². The fraction of sp³-hybridized carbons (Fsp3) is 0.214. The van der Waals surface area contributed by atoms with Crippen LogP contribution in [0.5, 0.6) is 0 Å². The second-order valence-corrected chi connectivity index (χ2v) is 9.93. The maximum Gasteiger partial charge on any atom is 0.416 e. The van der Waals surface area contributed by atoms with Crippen LogP contribution in [-0.2, 0) is 6.18 Å². The molecule has 10 heteroatoms. The normalized spacial score (nSPS) is 14.0. The van der Waals surface area contributed by atoms with E-state index in [0.29, 0.717) is 54.0 Å². The summed E-state index contributed by atoms with van der Waals surface area (Å²) < 4.78 is 39.4. The zero-order valence-corrected chi connectivity index (χ0v) is 21.3. The van der Waals surface area contributed by atoms with Crippen LogP contribution >= 0.6 is 11.8 Å². The molecule has 0 N–H and O–H groups in total. The van der Waals surface area contributed by atoms with Crippen molar-refractivity contribution >= 4 is 23.6 Å². The Hall–Kier alpha value is -3.92. The number of aromatic nitrogens is 3. The average Bonchev–Trinajstić information content (AvgIpc) is 2.94. The number of alkyl halides is 3. The first-order valence-corrected chi connectivity index (χ1v) is 12.8. The molecule has 1 fully saturated rings. The number of piperazine rings is 1. The van der Waals surface area contributed by atoms with Gasteiger partial charge in [-0.3, -0.25) is 4.79 Å². The molecule has 0 saturated carbocycles. The third-order valence-electron chi connectivity index (χ3n) is 6.22. The second kappa shape index (κ2) is 10.8. The van der Waals surface area contributed by atoms with Gasteiger partial charge in [-0.15, -0.1) is 0 Å². The number of aryl methyl sites for hydroxylation is 1. The second-order valence-electron chi connectivity index (χ2n) is 8.87. The summed E-state index contributed by atoms with van der Waals surface area (Å²) in [6.07, 6.45) is -1.21. The van der Waals surface area contributed by atoms with Crippen molar-refractivity contribution in [2.75, 3.05) is 31.1 Å². The minimum absolute atomic E-state index is 0.0917. The molecular formula is C28H24F3N5OS. The van der Waals surface area contributed by atoms with Crippen molar-refractivity contribution in [2.45, 2.75) is 23.0 Å². The predicted molar refractivity (Wildman–Crippen MR) is 140 cm³/mol. The van der Waals surface area contributed by atoms with Gasteiger partial charge in [0.25, 0.3) is 5.91 Å². The van der Waals surface area contributed by atoms with Crippen LogP contribution in [0.25, 0.3) is 11.3 Å². The molecule has 2 aromatic carbocycles. The first kappa shape index (κ1) is 25.7. The molecule has 3 heterocycles. The van der Waals surface area contributed by atoms with Crippen LogP contribution in [0, 0.1) is 6.92 Å². The molecule has 0 aliphatic carbocycles. The van der Waals surface area contributed by atoms with Crippen LogP contribution < -0.4 is 4.90 Å². The molecular weight excluding hydrogens is 511 g/mol. The van der Waals surface area contributed by atoms with Crippen LogP contribution in [0.1, 0.15) is 21.5 Å². The summed E-state index contributed by atoms with van der Waals surface area (Å²) in [6.45, 7) is 3.94. The first-order valence-electron chi connectivity index (χ1n) is 12.0. The van der Waals surface area contributed by atoms with E-state index >= 15 is 0 Å². The number of halogens is 3. The Morgan fingerprint density at radius 3 is 2.39 bits per heavy atom. The molecule has 0 bridgehead atoms. The molecule has 0 spiro atoms. The number of pyridine rings is 1. The fourth-order valence-electron chi connectivity index (χ4n) is 4.15. The summed E-state index contributed by atoms with van der Waals surface area (Å²) in [6, 6.07) is 18.3. The Kier molecular flexibility index (Phi) is 7.33. The van der Waals surface area contributed by atoms with E-state index < -0.39 is 11.7 Å². The van der Waals surface area contributed by atoms with E-state index in [1.807, 2.05) is 36.1 Å². The summed E-state index contributed by atoms with van der Waals surface area (Å²) in [5.41, 5.74) is 1.76. The van der Waals surface area contributed by atoms with E-state index in [-0.39, 0.29) is 5.91 Å². The minimum atomic E-state index is -4.43. The molecule has 1 aliphatic heterocycles. The van der Waals surface area contributed by atoms with Gasteiger partial charge in [-0.05, 0) is 49.4 Å². The van der Waals surface area contributed by atoms with Crippen LogP contribution in [0.2, 0.25) is 0 Å². The van der Waals surface area contributed by atoms with Crippen LogP contribution in [0.3, 0.4) is 0 Å². The Labute approximate surface area is 222 Å². The van der Waals surface area contributed by atoms with Crippen LogP contribution in [0.15, 0.2) is 89.0 Å². The van der Waals surface area contributed by atoms with E-state index in [1.54, 1.807) is 41.6 Å². The summed E-state index contributed by atoms with van der Waals surface area (Å²) in [4.78, 5) is 31.4. The van der Waals surface area contributed by atoms with Gasteiger partial charge >= 0.3 is 6.18 Å². The Morgan fingerprint density at radius 2 is 1.66 bits per heavy atom. The van der Waals surface area contributed by atoms with Crippen molar-refractivity contribution in [3.63, 3.8) is 0 Å². The molecule has 5 rings (SSSR count). The average molecular weight is 536 g/mol. The standard InChI is InChI=1S/C28H24F3N5OS/c1-19-7-9-22(10-8-19)38-25-23(6-3-12-32-25)26(37)35-14-16-36(17-15-35)27-33-13-11-24(34-27)20-4-2-5-21(18-20)28(29,30)31/h2-13,18H,14-17H2,1H3. The molecule has 38 heavy (non-hydrogen) atoms. The van der Waals surface area contributed by atoms with Gasteiger partial charge in [-0.2, -0.15) is 13.2 Å². The number of carbonyl (C=O) groups is 1. The molecule has 1 aliphatic rings. The van der Waals surface area contributed by atoms with Crippen LogP contribution in [0.4, 0.5) is 19.1 Å². The molecule has 0 unspecified atom stereocenters. The van der Waals surface area contributed by atoms with E-state index in [0.717, 1.165) is 22.6 Å². The number of hydrogen-bond donors (Lipinski definition) is 0. The highest BCUT2D eigenvalue weighted by Gasteiger charge is 2.31. The molecule has 0 atom stereocenters. The number of benzene rings is 2. The monoisotopic (exact) mass is 535 g/mol. The van der Waals surface area contributed by atoms with Gasteiger partial charge in [0.2, 0.25) is 5.95 Å². The van der Waals surface area contributed by atoms with Gasteiger partial charge in [-0.25, -0.2) is 15.0 Å². The van der Waals surface area contributed by atoms with Gasteiger partial charge in [0.05, 0.1) is 16.8 Å². The Bertz CT molecular complexity index is 1440. The van der Waals surface area contributed by atoms with Crippen molar-refractivity contribution in [3.05, 3.63) is 95.8 Å². The molecule has 194 valence electrons. The van der Waals surface area contributed by atoms with Gasteiger partial charge in [-0.1, -0.05) is 41.6 Å². The SMILES string of the molecule is Cc1ccc(Sc2ncccc2C(=O)N2CCN(c3nccc(-c4cccc(C(F)(F)F)c4)n3)CC2)cc1. The summed E-state index contributed by atoms with van der Waals surface area (Å²) in [7, 11) is 0. The third kappa shape index (κ3) is 5.80. The third-order valence-corrected chi connectivity index (χ3v) is 7.24. The van der Waals surface area contributed by atoms with Gasteiger partial charge in [0.1, 0.15) is 5.03 Å². The lowest BCUT2D eigenvalue weighted by Crippen LogP contribution is -2.49. The number of hydrogen-bond acceptors (Lipinski definition) is 6. The molecule has 1 saturated heterocycles. The minimum Gasteiger partial charge on any atom is -0.337 e. The smallest absolute Gasteiger partial charge is 0.337 e. The largest absolute Gasteiger partial charge is 0.416 e. The van der Waals surface area contributed by atoms with E-state index in [9.17, 15) is 18.0 Å². The zero-order chi connectivity index (χ0) is 26.7. The summed E-state index contributed by atoms with van der Waals surface area (Å²) >= 11 is 1.46. The molecule has 0 radical (unpaired) electrons. The quantitative estimate of drug-likeness (QED) is 0.313. The molecule has 4 aromatic rings. The molecule has 2 aromatic heterocycles. The Morgan fingerprint density at radius 1 is 0.895 bits per heavy atom. The van der Waals surface area contributed by atoms with Crippen molar-refractivity contribution in [1.29, 1.82) is 0 Å². The van der Waals surface area contributed by atoms with E-state index in [4.69, 9.17) is 0 Å². The van der Waals surface area contributed by atoms with Crippen molar-refractivity contribution in [2.24, 2.45) is 0 Å². The zero-order valence-electron chi connectivity index (χ0n) is 20.5.